The Morgan fingerprint density at radius 3 is 2.00 bits per heavy atom. The lowest BCUT2D eigenvalue weighted by molar-refractivity contribution is 0.126. The summed E-state index contributed by atoms with van der Waals surface area (Å²) in [5, 5.41) is -4.01. The van der Waals surface area contributed by atoms with Gasteiger partial charge in [0.2, 0.25) is 6.17 Å². The summed E-state index contributed by atoms with van der Waals surface area (Å²) in [7, 11) is 0. The van der Waals surface area contributed by atoms with E-state index in [1.165, 1.54) is 0 Å². The van der Waals surface area contributed by atoms with Gasteiger partial charge in [-0.25, -0.2) is 26.3 Å². The fourth-order valence-corrected chi connectivity index (χ4v) is 0.908. The Hall–Kier alpha value is -0.650. The van der Waals surface area contributed by atoms with E-state index >= 15 is 0 Å². The van der Waals surface area contributed by atoms with Gasteiger partial charge in [0.1, 0.15) is 0 Å². The van der Waals surface area contributed by atoms with Crippen LogP contribution in [-0.4, -0.2) is 11.3 Å². The van der Waals surface area contributed by atoms with E-state index < -0.39 is 34.6 Å². The minimum atomic E-state index is -4.01. The topological polar surface area (TPSA) is 0 Å². The Morgan fingerprint density at radius 2 is 1.54 bits per heavy atom. The van der Waals surface area contributed by atoms with Gasteiger partial charge in [0.25, 0.3) is 5.13 Å². The summed E-state index contributed by atoms with van der Waals surface area (Å²) in [6, 6.07) is 0. The molecule has 0 saturated heterocycles. The standard InChI is InChI=1S/C6HClF6/c7-6(13)4(11)2(9)1(8)3(10)5(6)12/h4H/t4-,6+/m1/s1. The first-order valence-corrected chi connectivity index (χ1v) is 3.31. The van der Waals surface area contributed by atoms with Crippen molar-refractivity contribution < 1.29 is 26.3 Å². The largest absolute Gasteiger partial charge is 0.275 e. The maximum atomic E-state index is 12.6. The molecule has 0 nitrogen and oxygen atoms in total. The molecule has 0 spiro atoms. The number of alkyl halides is 3. The molecule has 0 aromatic rings. The second-order valence-electron chi connectivity index (χ2n) is 2.28. The van der Waals surface area contributed by atoms with E-state index in [0.29, 0.717) is 0 Å². The highest BCUT2D eigenvalue weighted by molar-refractivity contribution is 6.25. The molecule has 0 radical (unpaired) electrons. The first kappa shape index (κ1) is 10.4. The second-order valence-corrected chi connectivity index (χ2v) is 2.83. The van der Waals surface area contributed by atoms with Crippen LogP contribution in [0.25, 0.3) is 0 Å². The fraction of sp³-hybridized carbons (Fsp3) is 0.333. The average molecular weight is 223 g/mol. The Bertz CT molecular complexity index is 304. The number of hydrogen-bond donors (Lipinski definition) is 0. The van der Waals surface area contributed by atoms with Crippen LogP contribution >= 0.6 is 11.6 Å². The maximum Gasteiger partial charge on any atom is 0.275 e. The SMILES string of the molecule is FC1=C(F)[C@@H](F)[C@@](F)(Cl)C(F)=C1F. The summed E-state index contributed by atoms with van der Waals surface area (Å²) in [6.07, 6.45) is -3.38. The van der Waals surface area contributed by atoms with Gasteiger partial charge in [-0.15, -0.1) is 0 Å². The Balaban J connectivity index is 3.32. The van der Waals surface area contributed by atoms with Crippen molar-refractivity contribution in [3.63, 3.8) is 0 Å². The van der Waals surface area contributed by atoms with Crippen LogP contribution in [0.4, 0.5) is 26.3 Å². The van der Waals surface area contributed by atoms with Crippen molar-refractivity contribution in [1.82, 2.24) is 0 Å². The molecule has 13 heavy (non-hydrogen) atoms. The molecule has 0 aromatic heterocycles. The fourth-order valence-electron chi connectivity index (χ4n) is 0.729. The van der Waals surface area contributed by atoms with Gasteiger partial charge in [-0.1, -0.05) is 11.6 Å². The van der Waals surface area contributed by atoms with Crippen LogP contribution in [0.1, 0.15) is 0 Å². The van der Waals surface area contributed by atoms with Crippen molar-refractivity contribution in [3.8, 4) is 0 Å². The summed E-state index contributed by atoms with van der Waals surface area (Å²) in [5.74, 6) is -9.75. The summed E-state index contributed by atoms with van der Waals surface area (Å²) in [4.78, 5) is 0. The highest BCUT2D eigenvalue weighted by Crippen LogP contribution is 2.46. The maximum absolute atomic E-state index is 12.6. The van der Waals surface area contributed by atoms with Crippen LogP contribution in [0.5, 0.6) is 0 Å². The quantitative estimate of drug-likeness (QED) is 0.434. The molecule has 0 N–H and O–H groups in total. The van der Waals surface area contributed by atoms with Crippen LogP contribution < -0.4 is 0 Å². The van der Waals surface area contributed by atoms with E-state index in [0.717, 1.165) is 0 Å². The molecule has 7 heteroatoms. The molecule has 1 aliphatic rings. The Labute approximate surface area is 73.5 Å². The lowest BCUT2D eigenvalue weighted by atomic mass is 10.1. The third-order valence-electron chi connectivity index (χ3n) is 1.43. The van der Waals surface area contributed by atoms with Crippen LogP contribution in [-0.2, 0) is 0 Å². The minimum Gasteiger partial charge on any atom is -0.234 e. The van der Waals surface area contributed by atoms with E-state index in [-0.39, 0.29) is 0 Å². The number of halogens is 7. The van der Waals surface area contributed by atoms with E-state index in [1.54, 1.807) is 0 Å². The second kappa shape index (κ2) is 2.94. The lowest BCUT2D eigenvalue weighted by Gasteiger charge is -2.23. The number of hydrogen-bond acceptors (Lipinski definition) is 0. The lowest BCUT2D eigenvalue weighted by Crippen LogP contribution is -2.34. The van der Waals surface area contributed by atoms with Crippen LogP contribution in [0.3, 0.4) is 0 Å². The number of rotatable bonds is 0. The van der Waals surface area contributed by atoms with Gasteiger partial charge in [-0.3, -0.25) is 0 Å². The van der Waals surface area contributed by atoms with Crippen LogP contribution in [0.15, 0.2) is 23.3 Å². The molecule has 74 valence electrons. The molecular weight excluding hydrogens is 222 g/mol. The average Bonchev–Trinajstić information content (AvgIpc) is 2.09. The van der Waals surface area contributed by atoms with Crippen molar-refractivity contribution >= 4 is 11.6 Å². The van der Waals surface area contributed by atoms with E-state index in [2.05, 4.69) is 11.6 Å². The van der Waals surface area contributed by atoms with Gasteiger partial charge < -0.3 is 0 Å². The van der Waals surface area contributed by atoms with Gasteiger partial charge in [0.05, 0.1) is 0 Å². The summed E-state index contributed by atoms with van der Waals surface area (Å²) in [5.41, 5.74) is 0. The molecule has 0 heterocycles. The molecular formula is C6HClF6. The molecule has 0 fully saturated rings. The zero-order valence-electron chi connectivity index (χ0n) is 5.72. The third kappa shape index (κ3) is 1.33. The zero-order valence-corrected chi connectivity index (χ0v) is 6.48. The van der Waals surface area contributed by atoms with Crippen molar-refractivity contribution in [2.75, 3.05) is 0 Å². The molecule has 2 atom stereocenters. The first-order chi connectivity index (χ1) is 5.80. The highest BCUT2D eigenvalue weighted by Gasteiger charge is 2.52. The molecule has 0 aliphatic heterocycles. The molecule has 0 aromatic carbocycles. The first-order valence-electron chi connectivity index (χ1n) is 2.93. The van der Waals surface area contributed by atoms with Crippen molar-refractivity contribution in [1.29, 1.82) is 0 Å². The van der Waals surface area contributed by atoms with Crippen molar-refractivity contribution in [2.45, 2.75) is 11.3 Å². The van der Waals surface area contributed by atoms with Gasteiger partial charge in [0, 0.05) is 0 Å². The Kier molecular flexibility index (Phi) is 2.36. The molecule has 0 bridgehead atoms. The highest BCUT2D eigenvalue weighted by atomic mass is 35.5. The molecule has 0 saturated carbocycles. The summed E-state index contributed by atoms with van der Waals surface area (Å²) < 4.78 is 74.0. The van der Waals surface area contributed by atoms with Gasteiger partial charge in [0.15, 0.2) is 23.3 Å². The van der Waals surface area contributed by atoms with E-state index in [4.69, 9.17) is 0 Å². The van der Waals surface area contributed by atoms with Crippen LogP contribution in [0.2, 0.25) is 0 Å². The molecule has 1 aliphatic carbocycles. The van der Waals surface area contributed by atoms with Crippen molar-refractivity contribution in [3.05, 3.63) is 23.3 Å². The predicted octanol–water partition coefficient (Wildman–Crippen LogP) is 3.54. The van der Waals surface area contributed by atoms with Crippen LogP contribution in [0, 0.1) is 0 Å². The van der Waals surface area contributed by atoms with E-state index in [1.807, 2.05) is 0 Å². The van der Waals surface area contributed by atoms with Gasteiger partial charge in [-0.2, -0.15) is 0 Å². The minimum absolute atomic E-state index is 2.39. The summed E-state index contributed by atoms with van der Waals surface area (Å²) >= 11 is 4.47. The molecule has 1 rings (SSSR count). The van der Waals surface area contributed by atoms with Crippen molar-refractivity contribution in [2.24, 2.45) is 0 Å². The molecule has 0 amide bonds. The smallest absolute Gasteiger partial charge is 0.234 e. The van der Waals surface area contributed by atoms with E-state index in [9.17, 15) is 26.3 Å². The Morgan fingerprint density at radius 1 is 1.08 bits per heavy atom. The zero-order chi connectivity index (χ0) is 10.4. The summed E-state index contributed by atoms with van der Waals surface area (Å²) in [6.45, 7) is 0. The monoisotopic (exact) mass is 222 g/mol. The third-order valence-corrected chi connectivity index (χ3v) is 1.79. The predicted molar refractivity (Wildman–Crippen MR) is 33.1 cm³/mol. The molecule has 0 unspecified atom stereocenters. The number of allylic oxidation sites excluding steroid dienone is 4. The normalized spacial score (nSPS) is 35.8. The van der Waals surface area contributed by atoms with Gasteiger partial charge in [-0.05, 0) is 0 Å². The van der Waals surface area contributed by atoms with Gasteiger partial charge >= 0.3 is 0 Å².